The van der Waals surface area contributed by atoms with Crippen LogP contribution in [0.3, 0.4) is 0 Å². The van der Waals surface area contributed by atoms with Gasteiger partial charge in [0.15, 0.2) is 5.11 Å². The molecule has 5 heteroatoms. The van der Waals surface area contributed by atoms with Crippen LogP contribution in [0.4, 0.5) is 0 Å². The van der Waals surface area contributed by atoms with Gasteiger partial charge in [0.05, 0.1) is 5.60 Å². The maximum atomic E-state index is 5.14. The third kappa shape index (κ3) is 4.94. The van der Waals surface area contributed by atoms with Crippen LogP contribution >= 0.6 is 12.2 Å². The summed E-state index contributed by atoms with van der Waals surface area (Å²) < 4.78 is 5.14. The Morgan fingerprint density at radius 2 is 2.18 bits per heavy atom. The Morgan fingerprint density at radius 3 is 2.55 bits per heavy atom. The van der Waals surface area contributed by atoms with E-state index in [1.807, 2.05) is 13.8 Å². The van der Waals surface area contributed by atoms with Gasteiger partial charge in [-0.1, -0.05) is 0 Å². The maximum absolute atomic E-state index is 5.14. The molecule has 0 aliphatic heterocycles. The van der Waals surface area contributed by atoms with Gasteiger partial charge in [0.2, 0.25) is 0 Å². The van der Waals surface area contributed by atoms with Crippen molar-refractivity contribution in [2.75, 3.05) is 13.7 Å². The molecule has 4 N–H and O–H groups in total. The number of ether oxygens (including phenoxy) is 1. The number of nitrogens with one attached hydrogen (secondary N) is 2. The van der Waals surface area contributed by atoms with Gasteiger partial charge in [-0.2, -0.15) is 0 Å². The van der Waals surface area contributed by atoms with Gasteiger partial charge in [0.25, 0.3) is 0 Å². The second kappa shape index (κ2) is 4.48. The molecule has 0 aromatic heterocycles. The molecule has 0 aromatic rings. The Morgan fingerprint density at radius 1 is 1.64 bits per heavy atom. The predicted molar refractivity (Wildman–Crippen MR) is 49.0 cm³/mol. The van der Waals surface area contributed by atoms with Gasteiger partial charge in [-0.05, 0) is 26.1 Å². The molecule has 0 aliphatic rings. The van der Waals surface area contributed by atoms with E-state index in [0.717, 1.165) is 0 Å². The first-order valence-electron chi connectivity index (χ1n) is 3.31. The smallest absolute Gasteiger partial charge is 0.180 e. The highest BCUT2D eigenvalue weighted by Gasteiger charge is 2.15. The lowest BCUT2D eigenvalue weighted by atomic mass is 10.1. The number of hydrazine groups is 1. The van der Waals surface area contributed by atoms with E-state index in [-0.39, 0.29) is 5.60 Å². The fraction of sp³-hybridized carbons (Fsp3) is 0.833. The summed E-state index contributed by atoms with van der Waals surface area (Å²) in [7, 11) is 1.65. The summed E-state index contributed by atoms with van der Waals surface area (Å²) in [5, 5.41) is 3.32. The number of hydrogen-bond acceptors (Lipinski definition) is 3. The topological polar surface area (TPSA) is 59.3 Å². The monoisotopic (exact) mass is 177 g/mol. The molecular weight excluding hydrogens is 162 g/mol. The zero-order valence-corrected chi connectivity index (χ0v) is 7.92. The number of hydrogen-bond donors (Lipinski definition) is 3. The Hall–Kier alpha value is -0.390. The fourth-order valence-electron chi connectivity index (χ4n) is 0.416. The van der Waals surface area contributed by atoms with Crippen molar-refractivity contribution in [2.24, 2.45) is 5.84 Å². The molecule has 0 amide bonds. The van der Waals surface area contributed by atoms with Gasteiger partial charge in [-0.15, -0.1) is 0 Å². The van der Waals surface area contributed by atoms with Crippen LogP contribution in [0.15, 0.2) is 0 Å². The van der Waals surface area contributed by atoms with Crippen molar-refractivity contribution in [3.05, 3.63) is 0 Å². The van der Waals surface area contributed by atoms with E-state index in [0.29, 0.717) is 11.7 Å². The van der Waals surface area contributed by atoms with E-state index in [1.165, 1.54) is 0 Å². The highest BCUT2D eigenvalue weighted by Crippen LogP contribution is 2.03. The molecule has 0 bridgehead atoms. The van der Waals surface area contributed by atoms with Crippen molar-refractivity contribution in [2.45, 2.75) is 19.4 Å². The lowest BCUT2D eigenvalue weighted by Gasteiger charge is -2.23. The normalized spacial score (nSPS) is 10.9. The molecule has 0 saturated carbocycles. The van der Waals surface area contributed by atoms with Crippen molar-refractivity contribution in [3.8, 4) is 0 Å². The van der Waals surface area contributed by atoms with Crippen LogP contribution in [0.5, 0.6) is 0 Å². The zero-order chi connectivity index (χ0) is 8.91. The summed E-state index contributed by atoms with van der Waals surface area (Å²) in [6, 6.07) is 0. The summed E-state index contributed by atoms with van der Waals surface area (Å²) in [4.78, 5) is 0. The number of nitrogens with two attached hydrogens (primary N) is 1. The van der Waals surface area contributed by atoms with E-state index < -0.39 is 0 Å². The molecule has 0 spiro atoms. The second-order valence-corrected chi connectivity index (χ2v) is 3.20. The van der Waals surface area contributed by atoms with Gasteiger partial charge >= 0.3 is 0 Å². The van der Waals surface area contributed by atoms with Gasteiger partial charge in [-0.3, -0.25) is 0 Å². The fourth-order valence-corrected chi connectivity index (χ4v) is 0.489. The molecule has 0 heterocycles. The predicted octanol–water partition coefficient (Wildman–Crippen LogP) is -0.251. The summed E-state index contributed by atoms with van der Waals surface area (Å²) in [5.74, 6) is 5.05. The first kappa shape index (κ1) is 10.6. The lowest BCUT2D eigenvalue weighted by molar-refractivity contribution is 0.0270. The third-order valence-electron chi connectivity index (χ3n) is 1.36. The van der Waals surface area contributed by atoms with E-state index in [2.05, 4.69) is 10.7 Å². The molecule has 0 fully saturated rings. The van der Waals surface area contributed by atoms with Crippen LogP contribution in [0.1, 0.15) is 13.8 Å². The average molecular weight is 177 g/mol. The number of rotatable bonds is 3. The molecule has 0 saturated heterocycles. The van der Waals surface area contributed by atoms with Crippen molar-refractivity contribution in [3.63, 3.8) is 0 Å². The maximum Gasteiger partial charge on any atom is 0.180 e. The lowest BCUT2D eigenvalue weighted by Crippen LogP contribution is -2.46. The van der Waals surface area contributed by atoms with Crippen LogP contribution in [-0.2, 0) is 4.74 Å². The summed E-state index contributed by atoms with van der Waals surface area (Å²) in [5.41, 5.74) is 2.11. The summed E-state index contributed by atoms with van der Waals surface area (Å²) >= 11 is 4.77. The Bertz CT molecular complexity index is 138. The second-order valence-electron chi connectivity index (χ2n) is 2.79. The standard InChI is InChI=1S/C6H15N3OS/c1-6(2,10-3)4-8-5(11)9-7/h4,7H2,1-3H3,(H2,8,9,11). The van der Waals surface area contributed by atoms with Gasteiger partial charge in [0, 0.05) is 13.7 Å². The van der Waals surface area contributed by atoms with Crippen LogP contribution in [0.25, 0.3) is 0 Å². The van der Waals surface area contributed by atoms with Crippen molar-refractivity contribution >= 4 is 17.3 Å². The van der Waals surface area contributed by atoms with E-state index in [1.54, 1.807) is 7.11 Å². The number of methoxy groups -OCH3 is 1. The molecule has 0 unspecified atom stereocenters. The van der Waals surface area contributed by atoms with Crippen LogP contribution < -0.4 is 16.6 Å². The number of thiocarbonyl (C=S) groups is 1. The minimum Gasteiger partial charge on any atom is -0.377 e. The largest absolute Gasteiger partial charge is 0.377 e. The van der Waals surface area contributed by atoms with Gasteiger partial charge < -0.3 is 15.5 Å². The molecule has 0 atom stereocenters. The Labute approximate surface area is 72.4 Å². The first-order valence-corrected chi connectivity index (χ1v) is 3.72. The molecule has 0 rings (SSSR count). The van der Waals surface area contributed by atoms with Crippen LogP contribution in [0.2, 0.25) is 0 Å². The minimum absolute atomic E-state index is 0.221. The van der Waals surface area contributed by atoms with E-state index in [9.17, 15) is 0 Å². The quantitative estimate of drug-likeness (QED) is 0.315. The molecule has 0 aliphatic carbocycles. The molecular formula is C6H15N3OS. The SMILES string of the molecule is COC(C)(C)CNC(=S)NN. The zero-order valence-electron chi connectivity index (χ0n) is 7.10. The molecule has 66 valence electrons. The summed E-state index contributed by atoms with van der Waals surface area (Å²) in [6.45, 7) is 4.55. The minimum atomic E-state index is -0.221. The Balaban J connectivity index is 3.61. The highest BCUT2D eigenvalue weighted by atomic mass is 32.1. The van der Waals surface area contributed by atoms with Gasteiger partial charge in [0.1, 0.15) is 0 Å². The van der Waals surface area contributed by atoms with Crippen molar-refractivity contribution in [1.82, 2.24) is 10.7 Å². The van der Waals surface area contributed by atoms with Crippen molar-refractivity contribution < 1.29 is 4.74 Å². The Kier molecular flexibility index (Phi) is 4.32. The van der Waals surface area contributed by atoms with Crippen molar-refractivity contribution in [1.29, 1.82) is 0 Å². The highest BCUT2D eigenvalue weighted by molar-refractivity contribution is 7.80. The average Bonchev–Trinajstić information content (AvgIpc) is 2.00. The van der Waals surface area contributed by atoms with E-state index >= 15 is 0 Å². The van der Waals surface area contributed by atoms with Crippen LogP contribution in [-0.4, -0.2) is 24.4 Å². The van der Waals surface area contributed by atoms with E-state index in [4.69, 9.17) is 22.8 Å². The third-order valence-corrected chi connectivity index (χ3v) is 1.62. The molecule has 0 aromatic carbocycles. The summed E-state index contributed by atoms with van der Waals surface area (Å²) in [6.07, 6.45) is 0. The molecule has 11 heavy (non-hydrogen) atoms. The molecule has 0 radical (unpaired) electrons. The van der Waals surface area contributed by atoms with Gasteiger partial charge in [-0.25, -0.2) is 5.84 Å². The first-order chi connectivity index (χ1) is 5.02. The van der Waals surface area contributed by atoms with Crippen LogP contribution in [0, 0.1) is 0 Å². The molecule has 4 nitrogen and oxygen atoms in total.